The van der Waals surface area contributed by atoms with E-state index in [-0.39, 0.29) is 6.10 Å². The molecule has 2 aromatic rings. The molecule has 0 saturated heterocycles. The van der Waals surface area contributed by atoms with Gasteiger partial charge in [0.05, 0.1) is 3.79 Å². The molecule has 0 amide bonds. The monoisotopic (exact) mass is 325 g/mol. The van der Waals surface area contributed by atoms with Crippen LogP contribution in [-0.4, -0.2) is 6.54 Å². The Morgan fingerprint density at radius 2 is 1.89 bits per heavy atom. The van der Waals surface area contributed by atoms with Crippen molar-refractivity contribution in [2.45, 2.75) is 20.0 Å². The molecular weight excluding hydrogens is 310 g/mol. The summed E-state index contributed by atoms with van der Waals surface area (Å²) in [5, 5.41) is 0. The normalized spacial score (nSPS) is 12.4. The van der Waals surface area contributed by atoms with E-state index < -0.39 is 0 Å². The number of nitrogens with two attached hydrogens (primary N) is 1. The standard InChI is InChI=1S/C14H16BrNOS/c1-9-5-10(2)7-11(6-9)17-12(8-16)13-3-4-14(15)18-13/h3-7,12H,8,16H2,1-2H3. The Hall–Kier alpha value is -0.840. The maximum atomic E-state index is 5.99. The molecule has 0 aliphatic carbocycles. The summed E-state index contributed by atoms with van der Waals surface area (Å²) < 4.78 is 7.09. The zero-order chi connectivity index (χ0) is 13.1. The predicted molar refractivity (Wildman–Crippen MR) is 80.4 cm³/mol. The second kappa shape index (κ2) is 5.87. The first-order chi connectivity index (χ1) is 8.58. The van der Waals surface area contributed by atoms with E-state index in [9.17, 15) is 0 Å². The van der Waals surface area contributed by atoms with Crippen molar-refractivity contribution in [3.05, 3.63) is 50.1 Å². The molecule has 0 aliphatic rings. The molecule has 1 atom stereocenters. The topological polar surface area (TPSA) is 35.2 Å². The van der Waals surface area contributed by atoms with E-state index in [1.54, 1.807) is 11.3 Å². The van der Waals surface area contributed by atoms with Crippen LogP contribution in [0.5, 0.6) is 5.75 Å². The van der Waals surface area contributed by atoms with Crippen molar-refractivity contribution in [3.63, 3.8) is 0 Å². The van der Waals surface area contributed by atoms with Crippen molar-refractivity contribution in [2.24, 2.45) is 5.73 Å². The summed E-state index contributed by atoms with van der Waals surface area (Å²) in [4.78, 5) is 1.14. The van der Waals surface area contributed by atoms with E-state index in [4.69, 9.17) is 10.5 Å². The van der Waals surface area contributed by atoms with Gasteiger partial charge >= 0.3 is 0 Å². The van der Waals surface area contributed by atoms with Gasteiger partial charge in [0, 0.05) is 11.4 Å². The first kappa shape index (κ1) is 13.6. The molecular formula is C14H16BrNOS. The molecule has 2 nitrogen and oxygen atoms in total. The maximum absolute atomic E-state index is 5.99. The zero-order valence-electron chi connectivity index (χ0n) is 10.4. The van der Waals surface area contributed by atoms with Gasteiger partial charge in [0.1, 0.15) is 11.9 Å². The lowest BCUT2D eigenvalue weighted by Crippen LogP contribution is -2.17. The van der Waals surface area contributed by atoms with Crippen LogP contribution in [0.15, 0.2) is 34.1 Å². The van der Waals surface area contributed by atoms with Crippen molar-refractivity contribution in [1.29, 1.82) is 0 Å². The average Bonchev–Trinajstić information content (AvgIpc) is 2.71. The summed E-state index contributed by atoms with van der Waals surface area (Å²) in [6, 6.07) is 10.3. The van der Waals surface area contributed by atoms with Crippen molar-refractivity contribution in [3.8, 4) is 5.75 Å². The average molecular weight is 326 g/mol. The van der Waals surface area contributed by atoms with Gasteiger partial charge in [0.15, 0.2) is 0 Å². The summed E-state index contributed by atoms with van der Waals surface area (Å²) >= 11 is 5.12. The first-order valence-corrected chi connectivity index (χ1v) is 7.39. The van der Waals surface area contributed by atoms with E-state index in [2.05, 4.69) is 41.9 Å². The van der Waals surface area contributed by atoms with Gasteiger partial charge in [-0.3, -0.25) is 0 Å². The Labute approximate surface area is 120 Å². The van der Waals surface area contributed by atoms with E-state index in [1.807, 2.05) is 18.2 Å². The number of benzene rings is 1. The van der Waals surface area contributed by atoms with Crippen molar-refractivity contribution in [2.75, 3.05) is 6.54 Å². The number of aryl methyl sites for hydroxylation is 2. The largest absolute Gasteiger partial charge is 0.484 e. The van der Waals surface area contributed by atoms with E-state index in [1.165, 1.54) is 11.1 Å². The Kier molecular flexibility index (Phi) is 4.43. The number of hydrogen-bond donors (Lipinski definition) is 1. The van der Waals surface area contributed by atoms with Crippen LogP contribution in [-0.2, 0) is 0 Å². The van der Waals surface area contributed by atoms with Crippen LogP contribution in [0.2, 0.25) is 0 Å². The fourth-order valence-electron chi connectivity index (χ4n) is 1.89. The second-order valence-corrected chi connectivity index (χ2v) is 6.80. The highest BCUT2D eigenvalue weighted by Gasteiger charge is 2.14. The highest BCUT2D eigenvalue weighted by molar-refractivity contribution is 9.11. The van der Waals surface area contributed by atoms with Gasteiger partial charge in [-0.2, -0.15) is 0 Å². The van der Waals surface area contributed by atoms with Crippen LogP contribution in [0.25, 0.3) is 0 Å². The fraction of sp³-hybridized carbons (Fsp3) is 0.286. The Morgan fingerprint density at radius 3 is 2.39 bits per heavy atom. The lowest BCUT2D eigenvalue weighted by molar-refractivity contribution is 0.218. The van der Waals surface area contributed by atoms with Crippen LogP contribution < -0.4 is 10.5 Å². The van der Waals surface area contributed by atoms with Crippen molar-refractivity contribution in [1.82, 2.24) is 0 Å². The smallest absolute Gasteiger partial charge is 0.145 e. The molecule has 1 unspecified atom stereocenters. The maximum Gasteiger partial charge on any atom is 0.145 e. The van der Waals surface area contributed by atoms with Gasteiger partial charge in [0.25, 0.3) is 0 Å². The molecule has 0 saturated carbocycles. The lowest BCUT2D eigenvalue weighted by atomic mass is 10.1. The molecule has 0 fully saturated rings. The molecule has 0 aliphatic heterocycles. The molecule has 18 heavy (non-hydrogen) atoms. The summed E-state index contributed by atoms with van der Waals surface area (Å²) in [6.07, 6.45) is -0.0810. The summed E-state index contributed by atoms with van der Waals surface area (Å²) in [6.45, 7) is 4.61. The number of rotatable bonds is 4. The highest BCUT2D eigenvalue weighted by atomic mass is 79.9. The molecule has 0 spiro atoms. The minimum absolute atomic E-state index is 0.0810. The Bertz CT molecular complexity index is 518. The lowest BCUT2D eigenvalue weighted by Gasteiger charge is -2.17. The molecule has 96 valence electrons. The van der Waals surface area contributed by atoms with Crippen LogP contribution >= 0.6 is 27.3 Å². The number of hydrogen-bond acceptors (Lipinski definition) is 3. The van der Waals surface area contributed by atoms with Gasteiger partial charge in [-0.25, -0.2) is 0 Å². The molecule has 1 heterocycles. The molecule has 1 aromatic carbocycles. The van der Waals surface area contributed by atoms with Gasteiger partial charge in [-0.1, -0.05) is 6.07 Å². The molecule has 0 radical (unpaired) electrons. The molecule has 2 N–H and O–H groups in total. The Balaban J connectivity index is 2.20. The summed E-state index contributed by atoms with van der Waals surface area (Å²) in [5.41, 5.74) is 8.21. The van der Waals surface area contributed by atoms with Gasteiger partial charge < -0.3 is 10.5 Å². The zero-order valence-corrected chi connectivity index (χ0v) is 12.8. The van der Waals surface area contributed by atoms with Gasteiger partial charge in [-0.15, -0.1) is 11.3 Å². The van der Waals surface area contributed by atoms with E-state index in [0.29, 0.717) is 6.54 Å². The molecule has 2 rings (SSSR count). The SMILES string of the molecule is Cc1cc(C)cc(OC(CN)c2ccc(Br)s2)c1. The van der Waals surface area contributed by atoms with Crippen LogP contribution in [0.1, 0.15) is 22.1 Å². The third-order valence-electron chi connectivity index (χ3n) is 2.60. The first-order valence-electron chi connectivity index (χ1n) is 5.78. The molecule has 0 bridgehead atoms. The third kappa shape index (κ3) is 3.34. The predicted octanol–water partition coefficient (Wildman–Crippen LogP) is 4.21. The van der Waals surface area contributed by atoms with Crippen molar-refractivity contribution < 1.29 is 4.74 Å². The third-order valence-corrected chi connectivity index (χ3v) is 4.31. The summed E-state index contributed by atoms with van der Waals surface area (Å²) in [5.74, 6) is 0.882. The van der Waals surface area contributed by atoms with Crippen LogP contribution in [0.3, 0.4) is 0 Å². The van der Waals surface area contributed by atoms with Gasteiger partial charge in [-0.05, 0) is 65.2 Å². The molecule has 4 heteroatoms. The minimum atomic E-state index is -0.0810. The summed E-state index contributed by atoms with van der Waals surface area (Å²) in [7, 11) is 0. The van der Waals surface area contributed by atoms with Gasteiger partial charge in [0.2, 0.25) is 0 Å². The fourth-order valence-corrected chi connectivity index (χ4v) is 3.35. The minimum Gasteiger partial charge on any atom is -0.484 e. The van der Waals surface area contributed by atoms with E-state index in [0.717, 1.165) is 14.4 Å². The quantitative estimate of drug-likeness (QED) is 0.914. The van der Waals surface area contributed by atoms with E-state index >= 15 is 0 Å². The van der Waals surface area contributed by atoms with Crippen molar-refractivity contribution >= 4 is 27.3 Å². The number of ether oxygens (including phenoxy) is 1. The second-order valence-electron chi connectivity index (χ2n) is 4.31. The number of halogens is 1. The Morgan fingerprint density at radius 1 is 1.22 bits per heavy atom. The van der Waals surface area contributed by atoms with Crippen LogP contribution in [0, 0.1) is 13.8 Å². The van der Waals surface area contributed by atoms with Crippen LogP contribution in [0.4, 0.5) is 0 Å². The highest BCUT2D eigenvalue weighted by Crippen LogP contribution is 2.30. The molecule has 1 aromatic heterocycles. The number of thiophene rings is 1.